The van der Waals surface area contributed by atoms with E-state index in [2.05, 4.69) is 0 Å². The Kier molecular flexibility index (Phi) is 1.32. The lowest BCUT2D eigenvalue weighted by Crippen LogP contribution is -2.58. The van der Waals surface area contributed by atoms with Crippen molar-refractivity contribution in [1.29, 1.82) is 0 Å². The molecule has 0 aromatic carbocycles. The summed E-state index contributed by atoms with van der Waals surface area (Å²) in [7, 11) is 0. The Morgan fingerprint density at radius 3 is 2.25 bits per heavy atom. The number of hydrogen-bond acceptors (Lipinski definition) is 4. The number of hydrogen-bond donors (Lipinski definition) is 0. The van der Waals surface area contributed by atoms with E-state index in [0.29, 0.717) is 6.42 Å². The van der Waals surface area contributed by atoms with Crippen molar-refractivity contribution in [2.45, 2.75) is 6.42 Å². The molecule has 4 heteroatoms. The Bertz CT molecular complexity index is 464. The summed E-state index contributed by atoms with van der Waals surface area (Å²) in [6, 6.07) is 0. The Morgan fingerprint density at radius 2 is 1.56 bits per heavy atom. The molecule has 5 aliphatic rings. The molecule has 0 radical (unpaired) electrons. The molecule has 4 nitrogen and oxygen atoms in total. The van der Waals surface area contributed by atoms with E-state index in [0.717, 1.165) is 0 Å². The third-order valence-corrected chi connectivity index (χ3v) is 4.70. The molecule has 1 saturated heterocycles. The summed E-state index contributed by atoms with van der Waals surface area (Å²) in [5, 5.41) is 0. The zero-order chi connectivity index (χ0) is 11.0. The minimum Gasteiger partial charge on any atom is -0.393 e. The largest absolute Gasteiger partial charge is 0.393 e. The molecule has 16 heavy (non-hydrogen) atoms. The van der Waals surface area contributed by atoms with Crippen molar-refractivity contribution in [2.75, 3.05) is 0 Å². The van der Waals surface area contributed by atoms with E-state index in [-0.39, 0.29) is 47.3 Å². The zero-order valence-corrected chi connectivity index (χ0v) is 8.46. The number of rotatable bonds is 0. The van der Waals surface area contributed by atoms with Crippen LogP contribution < -0.4 is 0 Å². The van der Waals surface area contributed by atoms with Crippen LogP contribution in [0.5, 0.6) is 0 Å². The molecule has 0 aromatic heterocycles. The van der Waals surface area contributed by atoms with Gasteiger partial charge in [0.25, 0.3) is 0 Å². The maximum atomic E-state index is 11.6. The summed E-state index contributed by atoms with van der Waals surface area (Å²) < 4.78 is 4.72. The zero-order valence-electron chi connectivity index (χ0n) is 8.46. The number of carbonyl (C=O) groups is 3. The summed E-state index contributed by atoms with van der Waals surface area (Å²) in [6.45, 7) is 0. The van der Waals surface area contributed by atoms with E-state index in [1.807, 2.05) is 12.2 Å². The Labute approximate surface area is 91.6 Å². The minimum atomic E-state index is -0.424. The van der Waals surface area contributed by atoms with E-state index in [4.69, 9.17) is 4.74 Å². The summed E-state index contributed by atoms with van der Waals surface area (Å²) in [6.07, 6.45) is 4.53. The second kappa shape index (κ2) is 2.44. The van der Waals surface area contributed by atoms with E-state index < -0.39 is 5.97 Å². The van der Waals surface area contributed by atoms with Crippen LogP contribution in [0.1, 0.15) is 6.42 Å². The number of esters is 2. The van der Waals surface area contributed by atoms with Crippen molar-refractivity contribution in [3.63, 3.8) is 0 Å². The molecular weight excluding hydrogens is 208 g/mol. The van der Waals surface area contributed by atoms with Gasteiger partial charge in [0.2, 0.25) is 0 Å². The van der Waals surface area contributed by atoms with Crippen LogP contribution in [0.4, 0.5) is 0 Å². The van der Waals surface area contributed by atoms with Gasteiger partial charge in [0, 0.05) is 18.3 Å². The van der Waals surface area contributed by atoms with Gasteiger partial charge in [0.15, 0.2) is 0 Å². The molecule has 0 unspecified atom stereocenters. The predicted molar refractivity (Wildman–Crippen MR) is 50.8 cm³/mol. The highest BCUT2D eigenvalue weighted by Gasteiger charge is 2.65. The molecule has 1 heterocycles. The first-order valence-electron chi connectivity index (χ1n) is 5.65. The van der Waals surface area contributed by atoms with Crippen molar-refractivity contribution < 1.29 is 19.1 Å². The Balaban J connectivity index is 1.84. The molecule has 6 atom stereocenters. The molecule has 0 N–H and O–H groups in total. The SMILES string of the molecule is O=C1C[C@@H]2[C@H]3C=C[C@@H]([C@H]12)[C@@H]1C(=O)OC(=O)[C@@H]31. The summed E-state index contributed by atoms with van der Waals surface area (Å²) in [4.78, 5) is 34.8. The summed E-state index contributed by atoms with van der Waals surface area (Å²) >= 11 is 0. The maximum absolute atomic E-state index is 11.6. The lowest BCUT2D eigenvalue weighted by atomic mass is 9.46. The van der Waals surface area contributed by atoms with Crippen LogP contribution in [0, 0.1) is 35.5 Å². The van der Waals surface area contributed by atoms with Gasteiger partial charge in [-0.2, -0.15) is 0 Å². The maximum Gasteiger partial charge on any atom is 0.318 e. The number of ketones is 1. The molecule has 0 aromatic rings. The van der Waals surface area contributed by atoms with Gasteiger partial charge in [-0.3, -0.25) is 14.4 Å². The minimum absolute atomic E-state index is 0.0188. The monoisotopic (exact) mass is 218 g/mol. The fourth-order valence-electron chi connectivity index (χ4n) is 4.02. The Morgan fingerprint density at radius 1 is 0.938 bits per heavy atom. The molecule has 5 rings (SSSR count). The smallest absolute Gasteiger partial charge is 0.318 e. The molecule has 2 bridgehead atoms. The second-order valence-corrected chi connectivity index (χ2v) is 5.19. The summed E-state index contributed by atoms with van der Waals surface area (Å²) in [5.41, 5.74) is 0. The molecule has 0 spiro atoms. The first-order valence-corrected chi connectivity index (χ1v) is 5.65. The molecule has 2 saturated carbocycles. The van der Waals surface area contributed by atoms with E-state index in [9.17, 15) is 14.4 Å². The van der Waals surface area contributed by atoms with Crippen LogP contribution in [0.3, 0.4) is 0 Å². The fourth-order valence-corrected chi connectivity index (χ4v) is 4.02. The van der Waals surface area contributed by atoms with Gasteiger partial charge < -0.3 is 4.74 Å². The van der Waals surface area contributed by atoms with Crippen molar-refractivity contribution in [3.8, 4) is 0 Å². The van der Waals surface area contributed by atoms with Crippen molar-refractivity contribution in [3.05, 3.63) is 12.2 Å². The van der Waals surface area contributed by atoms with Gasteiger partial charge in [-0.25, -0.2) is 0 Å². The summed E-state index contributed by atoms with van der Waals surface area (Å²) in [5.74, 6) is -1.02. The van der Waals surface area contributed by atoms with Crippen LogP contribution >= 0.6 is 0 Å². The Hall–Kier alpha value is -1.45. The van der Waals surface area contributed by atoms with E-state index >= 15 is 0 Å². The highest BCUT2D eigenvalue weighted by Crippen LogP contribution is 2.59. The van der Waals surface area contributed by atoms with Crippen molar-refractivity contribution in [1.82, 2.24) is 0 Å². The van der Waals surface area contributed by atoms with Gasteiger partial charge in [-0.15, -0.1) is 0 Å². The molecule has 0 amide bonds. The van der Waals surface area contributed by atoms with E-state index in [1.165, 1.54) is 0 Å². The standard InChI is InChI=1S/C12H10O4/c13-7-3-6-4-1-2-5(8(6)7)10-9(4)11(14)16-12(10)15/h1-2,4-6,8-10H,3H2/t4-,5+,6-,8+,9+,10+/m1/s1. The van der Waals surface area contributed by atoms with Gasteiger partial charge in [0.1, 0.15) is 5.78 Å². The van der Waals surface area contributed by atoms with Gasteiger partial charge in [-0.05, 0) is 11.8 Å². The molecule has 82 valence electrons. The topological polar surface area (TPSA) is 60.4 Å². The third-order valence-electron chi connectivity index (χ3n) is 4.70. The first-order chi connectivity index (χ1) is 7.68. The fraction of sp³-hybridized carbons (Fsp3) is 0.583. The average molecular weight is 218 g/mol. The molecule has 1 aliphatic heterocycles. The van der Waals surface area contributed by atoms with Crippen LogP contribution in [0.2, 0.25) is 0 Å². The van der Waals surface area contributed by atoms with Gasteiger partial charge in [-0.1, -0.05) is 12.2 Å². The molecular formula is C12H10O4. The van der Waals surface area contributed by atoms with Crippen LogP contribution in [-0.2, 0) is 19.1 Å². The highest BCUT2D eigenvalue weighted by atomic mass is 16.6. The normalized spacial score (nSPS) is 52.1. The first kappa shape index (κ1) is 8.67. The quantitative estimate of drug-likeness (QED) is 0.334. The number of carbonyl (C=O) groups excluding carboxylic acids is 3. The number of cyclic esters (lactones) is 2. The van der Waals surface area contributed by atoms with Crippen LogP contribution in [0.15, 0.2) is 12.2 Å². The third kappa shape index (κ3) is 0.740. The number of Topliss-reactive ketones (excluding diaryl/α,β-unsaturated/α-hetero) is 1. The van der Waals surface area contributed by atoms with E-state index in [1.54, 1.807) is 0 Å². The second-order valence-electron chi connectivity index (χ2n) is 5.19. The van der Waals surface area contributed by atoms with Gasteiger partial charge >= 0.3 is 11.9 Å². The van der Waals surface area contributed by atoms with Gasteiger partial charge in [0.05, 0.1) is 11.8 Å². The lowest BCUT2D eigenvalue weighted by Gasteiger charge is -2.53. The molecule has 4 aliphatic carbocycles. The number of ether oxygens (including phenoxy) is 1. The highest BCUT2D eigenvalue weighted by molar-refractivity contribution is 6.00. The number of allylic oxidation sites excluding steroid dienone is 2. The predicted octanol–water partition coefficient (Wildman–Crippen LogP) is 0.323. The van der Waals surface area contributed by atoms with Crippen LogP contribution in [0.25, 0.3) is 0 Å². The van der Waals surface area contributed by atoms with Crippen LogP contribution in [-0.4, -0.2) is 17.7 Å². The van der Waals surface area contributed by atoms with Crippen molar-refractivity contribution in [2.24, 2.45) is 35.5 Å². The average Bonchev–Trinajstić information content (AvgIpc) is 2.54. The lowest BCUT2D eigenvalue weighted by molar-refractivity contribution is -0.154. The van der Waals surface area contributed by atoms with Crippen molar-refractivity contribution >= 4 is 17.7 Å². The molecule has 3 fully saturated rings.